The lowest BCUT2D eigenvalue weighted by atomic mass is 10.1. The maximum absolute atomic E-state index is 12.6. The van der Waals surface area contributed by atoms with E-state index in [0.29, 0.717) is 46.6 Å². The fraction of sp³-hybridized carbons (Fsp3) is 0.464. The number of hydrogen-bond acceptors (Lipinski definition) is 7. The van der Waals surface area contributed by atoms with Gasteiger partial charge in [0.05, 0.1) is 33.4 Å². The molecule has 4 aromatic rings. The quantitative estimate of drug-likeness (QED) is 0.130. The fourth-order valence-corrected chi connectivity index (χ4v) is 5.32. The van der Waals surface area contributed by atoms with E-state index in [-0.39, 0.29) is 11.3 Å². The van der Waals surface area contributed by atoms with Crippen LogP contribution in [0.15, 0.2) is 36.4 Å². The molecular weight excluding hydrogens is 545 g/mol. The van der Waals surface area contributed by atoms with Gasteiger partial charge < -0.3 is 24.5 Å². The van der Waals surface area contributed by atoms with Gasteiger partial charge in [0, 0.05) is 19.2 Å². The van der Waals surface area contributed by atoms with Crippen molar-refractivity contribution in [3.05, 3.63) is 42.0 Å². The number of aromatic carboxylic acids is 1. The van der Waals surface area contributed by atoms with Crippen LogP contribution >= 0.6 is 11.3 Å². The summed E-state index contributed by atoms with van der Waals surface area (Å²) in [6.07, 6.45) is 4.98. The molecule has 12 heteroatoms. The third-order valence-electron chi connectivity index (χ3n) is 6.41. The van der Waals surface area contributed by atoms with E-state index in [2.05, 4.69) is 26.9 Å². The Morgan fingerprint density at radius 3 is 2.45 bits per heavy atom. The van der Waals surface area contributed by atoms with Crippen LogP contribution in [0.2, 0.25) is 0 Å². The first kappa shape index (κ1) is 29.6. The Labute approximate surface area is 234 Å². The van der Waals surface area contributed by atoms with Crippen molar-refractivity contribution in [3.63, 3.8) is 0 Å². The number of halogens is 3. The largest absolute Gasteiger partial charge is 0.573 e. The van der Waals surface area contributed by atoms with Gasteiger partial charge in [-0.05, 0) is 36.8 Å². The molecule has 0 aliphatic rings. The van der Waals surface area contributed by atoms with Gasteiger partial charge in [0.1, 0.15) is 5.75 Å². The summed E-state index contributed by atoms with van der Waals surface area (Å²) in [6.45, 7) is 3.78. The number of ether oxygens (including phenoxy) is 2. The van der Waals surface area contributed by atoms with Gasteiger partial charge in [0.2, 0.25) is 5.95 Å². The maximum Gasteiger partial charge on any atom is 0.573 e. The maximum atomic E-state index is 12.6. The van der Waals surface area contributed by atoms with Crippen molar-refractivity contribution in [1.29, 1.82) is 0 Å². The number of hydrogen-bond donors (Lipinski definition) is 2. The number of unbranched alkanes of at least 4 members (excludes halogenated alkanes) is 7. The van der Waals surface area contributed by atoms with Crippen molar-refractivity contribution < 1.29 is 32.5 Å². The lowest BCUT2D eigenvalue weighted by molar-refractivity contribution is -0.274. The Kier molecular flexibility index (Phi) is 10.2. The number of nitrogens with one attached hydrogen (secondary N) is 1. The van der Waals surface area contributed by atoms with Gasteiger partial charge in [-0.1, -0.05) is 63.2 Å². The van der Waals surface area contributed by atoms with Crippen LogP contribution in [0.25, 0.3) is 21.3 Å². The van der Waals surface area contributed by atoms with Crippen LogP contribution in [-0.2, 0) is 11.3 Å². The van der Waals surface area contributed by atoms with Crippen molar-refractivity contribution in [2.45, 2.75) is 71.2 Å². The van der Waals surface area contributed by atoms with Gasteiger partial charge in [-0.2, -0.15) is 0 Å². The highest BCUT2D eigenvalue weighted by Crippen LogP contribution is 2.33. The Hall–Kier alpha value is -3.38. The van der Waals surface area contributed by atoms with Crippen molar-refractivity contribution in [3.8, 4) is 5.75 Å². The number of carboxylic acids is 1. The number of benzene rings is 2. The molecule has 216 valence electrons. The summed E-state index contributed by atoms with van der Waals surface area (Å²) in [5, 5.41) is 13.0. The van der Waals surface area contributed by atoms with Crippen molar-refractivity contribution in [2.24, 2.45) is 0 Å². The number of imidazole rings is 1. The molecule has 0 saturated heterocycles. The summed E-state index contributed by atoms with van der Waals surface area (Å²) in [4.78, 5) is 20.5. The zero-order valence-corrected chi connectivity index (χ0v) is 23.1. The average Bonchev–Trinajstić information content (AvgIpc) is 3.45. The molecule has 0 radical (unpaired) electrons. The molecular formula is C28H33F3N4O4S. The summed E-state index contributed by atoms with van der Waals surface area (Å²) in [5.74, 6) is -0.945. The van der Waals surface area contributed by atoms with Gasteiger partial charge in [0.25, 0.3) is 0 Å². The number of rotatable bonds is 16. The second-order valence-corrected chi connectivity index (χ2v) is 10.5. The minimum Gasteiger partial charge on any atom is -0.478 e. The predicted octanol–water partition coefficient (Wildman–Crippen LogP) is 8.14. The number of anilines is 2. The smallest absolute Gasteiger partial charge is 0.478 e. The molecule has 2 heterocycles. The van der Waals surface area contributed by atoms with Crippen LogP contribution in [0.3, 0.4) is 0 Å². The molecule has 2 aromatic carbocycles. The zero-order valence-electron chi connectivity index (χ0n) is 22.3. The summed E-state index contributed by atoms with van der Waals surface area (Å²) < 4.78 is 50.1. The van der Waals surface area contributed by atoms with Gasteiger partial charge >= 0.3 is 12.3 Å². The molecule has 0 saturated carbocycles. The van der Waals surface area contributed by atoms with Gasteiger partial charge in [-0.15, -0.1) is 13.2 Å². The summed E-state index contributed by atoms with van der Waals surface area (Å²) in [5.41, 5.74) is 1.84. The van der Waals surface area contributed by atoms with E-state index >= 15 is 0 Å². The number of carboxylic acid groups (broad SMARTS) is 1. The first-order valence-electron chi connectivity index (χ1n) is 13.5. The van der Waals surface area contributed by atoms with E-state index in [4.69, 9.17) is 4.74 Å². The Balaban J connectivity index is 1.42. The highest BCUT2D eigenvalue weighted by molar-refractivity contribution is 7.22. The van der Waals surface area contributed by atoms with Crippen LogP contribution < -0.4 is 10.1 Å². The molecule has 0 spiro atoms. The Bertz CT molecular complexity index is 1420. The molecule has 0 fully saturated rings. The van der Waals surface area contributed by atoms with Crippen LogP contribution in [0.1, 0.15) is 68.6 Å². The number of nitrogens with zero attached hydrogens (tertiary/aromatic N) is 3. The summed E-state index contributed by atoms with van der Waals surface area (Å²) in [6, 6.07) is 8.68. The van der Waals surface area contributed by atoms with Crippen LogP contribution in [0, 0.1) is 0 Å². The predicted molar refractivity (Wildman–Crippen MR) is 150 cm³/mol. The standard InChI is InChI=1S/C28H33F3N4O4S/c1-2-3-4-5-6-7-8-9-15-38-16-14-35-23-13-10-19(25(36)37)17-22(23)32-26(35)34-27-33-21-12-11-20(18-24(21)40-27)39-28(29,30)31/h10-13,17-18H,2-9,14-16H2,1H3,(H,36,37)(H,32,33,34). The number of thiazole rings is 1. The second kappa shape index (κ2) is 13.8. The topological polar surface area (TPSA) is 98.5 Å². The van der Waals surface area contributed by atoms with Crippen molar-refractivity contribution in [2.75, 3.05) is 18.5 Å². The van der Waals surface area contributed by atoms with Crippen molar-refractivity contribution >= 4 is 49.6 Å². The lowest BCUT2D eigenvalue weighted by Crippen LogP contribution is -2.16. The number of carbonyl (C=O) groups is 1. The number of fused-ring (bicyclic) bond motifs is 2. The van der Waals surface area contributed by atoms with E-state index in [0.717, 1.165) is 29.7 Å². The van der Waals surface area contributed by atoms with Gasteiger partial charge in [-0.3, -0.25) is 0 Å². The minimum atomic E-state index is -4.78. The SMILES string of the molecule is CCCCCCCCCCOCCn1c(Nc2nc3ccc(OC(F)(F)F)cc3s2)nc2cc(C(=O)O)ccc21. The van der Waals surface area contributed by atoms with Gasteiger partial charge in [-0.25, -0.2) is 14.8 Å². The molecule has 2 aromatic heterocycles. The first-order chi connectivity index (χ1) is 19.2. The van der Waals surface area contributed by atoms with E-state index in [9.17, 15) is 23.1 Å². The van der Waals surface area contributed by atoms with Gasteiger partial charge in [0.15, 0.2) is 5.13 Å². The van der Waals surface area contributed by atoms with E-state index in [1.165, 1.54) is 68.9 Å². The lowest BCUT2D eigenvalue weighted by Gasteiger charge is -2.10. The molecule has 8 nitrogen and oxygen atoms in total. The molecule has 0 aliphatic carbocycles. The third kappa shape index (κ3) is 8.31. The normalized spacial score (nSPS) is 11.9. The highest BCUT2D eigenvalue weighted by Gasteiger charge is 2.31. The number of aromatic nitrogens is 3. The molecule has 0 aliphatic heterocycles. The van der Waals surface area contributed by atoms with E-state index in [1.54, 1.807) is 6.07 Å². The first-order valence-corrected chi connectivity index (χ1v) is 14.3. The van der Waals surface area contributed by atoms with E-state index < -0.39 is 12.3 Å². The molecule has 0 bridgehead atoms. The second-order valence-electron chi connectivity index (χ2n) is 9.50. The highest BCUT2D eigenvalue weighted by atomic mass is 32.1. The molecule has 0 atom stereocenters. The average molecular weight is 579 g/mol. The number of alkyl halides is 3. The molecule has 40 heavy (non-hydrogen) atoms. The summed E-state index contributed by atoms with van der Waals surface area (Å²) in [7, 11) is 0. The molecule has 2 N–H and O–H groups in total. The van der Waals surface area contributed by atoms with Crippen LogP contribution in [0.4, 0.5) is 24.3 Å². The van der Waals surface area contributed by atoms with Crippen LogP contribution in [-0.4, -0.2) is 45.2 Å². The Morgan fingerprint density at radius 1 is 0.975 bits per heavy atom. The van der Waals surface area contributed by atoms with Crippen molar-refractivity contribution in [1.82, 2.24) is 14.5 Å². The third-order valence-corrected chi connectivity index (χ3v) is 7.34. The molecule has 0 unspecified atom stereocenters. The monoisotopic (exact) mass is 578 g/mol. The molecule has 4 rings (SSSR count). The summed E-state index contributed by atoms with van der Waals surface area (Å²) >= 11 is 1.16. The van der Waals surface area contributed by atoms with Crippen LogP contribution in [0.5, 0.6) is 5.75 Å². The minimum absolute atomic E-state index is 0.117. The zero-order chi connectivity index (χ0) is 28.5. The fourth-order valence-electron chi connectivity index (χ4n) is 4.43. The van der Waals surface area contributed by atoms with E-state index in [1.807, 2.05) is 4.57 Å². The Morgan fingerprint density at radius 2 is 1.73 bits per heavy atom. The molecule has 0 amide bonds.